The minimum Gasteiger partial charge on any atom is -0.481 e. The van der Waals surface area contributed by atoms with Gasteiger partial charge in [-0.25, -0.2) is 0 Å². The van der Waals surface area contributed by atoms with E-state index >= 15 is 0 Å². The van der Waals surface area contributed by atoms with E-state index in [1.54, 1.807) is 11.9 Å². The van der Waals surface area contributed by atoms with E-state index in [4.69, 9.17) is 5.11 Å². The molecule has 0 saturated heterocycles. The van der Waals surface area contributed by atoms with Crippen molar-refractivity contribution in [2.45, 2.75) is 26.2 Å². The minimum atomic E-state index is -0.859. The molecule has 6 heteroatoms. The van der Waals surface area contributed by atoms with E-state index in [1.807, 2.05) is 24.3 Å². The van der Waals surface area contributed by atoms with Crippen LogP contribution >= 0.6 is 12.4 Å². The first kappa shape index (κ1) is 19.4. The van der Waals surface area contributed by atoms with Crippen LogP contribution in [-0.2, 0) is 9.59 Å². The first-order chi connectivity index (χ1) is 9.38. The average molecular weight is 315 g/mol. The number of benzene rings is 1. The van der Waals surface area contributed by atoms with Crippen LogP contribution in [0.1, 0.15) is 31.7 Å². The van der Waals surface area contributed by atoms with Gasteiger partial charge in [-0.1, -0.05) is 26.0 Å². The van der Waals surface area contributed by atoms with Crippen molar-refractivity contribution in [1.29, 1.82) is 0 Å². The number of nitrogens with one attached hydrogen (secondary N) is 1. The molecule has 0 fully saturated rings. The average Bonchev–Trinajstić information content (AvgIpc) is 2.36. The first-order valence-electron chi connectivity index (χ1n) is 6.68. The maximum absolute atomic E-state index is 11.8. The van der Waals surface area contributed by atoms with Gasteiger partial charge < -0.3 is 10.4 Å². The van der Waals surface area contributed by atoms with E-state index in [0.717, 1.165) is 5.69 Å². The second kappa shape index (κ2) is 9.37. The van der Waals surface area contributed by atoms with Crippen LogP contribution in [0, 0.1) is 0 Å². The number of carbonyl (C=O) groups is 2. The van der Waals surface area contributed by atoms with Crippen molar-refractivity contribution in [3.63, 3.8) is 0 Å². The molecule has 1 aromatic carbocycles. The Morgan fingerprint density at radius 3 is 2.57 bits per heavy atom. The molecular weight excluding hydrogens is 292 g/mol. The van der Waals surface area contributed by atoms with E-state index in [2.05, 4.69) is 19.2 Å². The molecule has 0 atom stereocenters. The van der Waals surface area contributed by atoms with Gasteiger partial charge in [0.1, 0.15) is 0 Å². The van der Waals surface area contributed by atoms with Gasteiger partial charge in [-0.2, -0.15) is 0 Å². The number of nitrogens with zero attached hydrogens (tertiary/aromatic N) is 1. The smallest absolute Gasteiger partial charge is 0.304 e. The van der Waals surface area contributed by atoms with Gasteiger partial charge in [0.05, 0.1) is 13.0 Å². The maximum Gasteiger partial charge on any atom is 0.304 e. The summed E-state index contributed by atoms with van der Waals surface area (Å²) in [6, 6.07) is 7.75. The highest BCUT2D eigenvalue weighted by molar-refractivity contribution is 5.92. The number of carbonyl (C=O) groups excluding carboxylic acids is 1. The van der Waals surface area contributed by atoms with Crippen LogP contribution in [0.2, 0.25) is 0 Å². The SMILES string of the molecule is CC(C)c1cccc(NC(=O)CN(C)CCC(=O)O)c1.Cl. The Morgan fingerprint density at radius 1 is 1.33 bits per heavy atom. The number of aliphatic carboxylic acids is 1. The van der Waals surface area contributed by atoms with E-state index in [1.165, 1.54) is 5.56 Å². The molecule has 0 unspecified atom stereocenters. The summed E-state index contributed by atoms with van der Waals surface area (Å²) >= 11 is 0. The Hall–Kier alpha value is -1.59. The molecule has 0 aromatic heterocycles. The third-order valence-electron chi connectivity index (χ3n) is 2.96. The predicted molar refractivity (Wildman–Crippen MR) is 86.2 cm³/mol. The Bertz CT molecular complexity index is 478. The van der Waals surface area contributed by atoms with Crippen molar-refractivity contribution in [3.8, 4) is 0 Å². The fourth-order valence-electron chi connectivity index (χ4n) is 1.79. The third kappa shape index (κ3) is 7.68. The molecule has 1 aromatic rings. The molecule has 0 saturated carbocycles. The topological polar surface area (TPSA) is 69.6 Å². The largest absolute Gasteiger partial charge is 0.481 e. The second-order valence-electron chi connectivity index (χ2n) is 5.21. The molecule has 0 aliphatic rings. The summed E-state index contributed by atoms with van der Waals surface area (Å²) in [5.41, 5.74) is 1.94. The summed E-state index contributed by atoms with van der Waals surface area (Å²) < 4.78 is 0. The molecule has 118 valence electrons. The highest BCUT2D eigenvalue weighted by Crippen LogP contribution is 2.18. The van der Waals surface area contributed by atoms with Crippen LogP contribution in [0.5, 0.6) is 0 Å². The molecule has 0 aliphatic heterocycles. The highest BCUT2D eigenvalue weighted by Gasteiger charge is 2.09. The number of carboxylic acids is 1. The lowest BCUT2D eigenvalue weighted by atomic mass is 10.0. The number of halogens is 1. The normalized spacial score (nSPS) is 10.3. The van der Waals surface area contributed by atoms with E-state index in [-0.39, 0.29) is 31.3 Å². The number of anilines is 1. The first-order valence-corrected chi connectivity index (χ1v) is 6.68. The van der Waals surface area contributed by atoms with Gasteiger partial charge in [-0.15, -0.1) is 12.4 Å². The molecule has 0 heterocycles. The van der Waals surface area contributed by atoms with Crippen LogP contribution in [0.15, 0.2) is 24.3 Å². The van der Waals surface area contributed by atoms with E-state index in [0.29, 0.717) is 12.5 Å². The van der Waals surface area contributed by atoms with E-state index < -0.39 is 5.97 Å². The lowest BCUT2D eigenvalue weighted by Crippen LogP contribution is -2.31. The number of likely N-dealkylation sites (N-methyl/N-ethyl adjacent to an activating group) is 1. The molecule has 1 amide bonds. The highest BCUT2D eigenvalue weighted by atomic mass is 35.5. The predicted octanol–water partition coefficient (Wildman–Crippen LogP) is 2.58. The monoisotopic (exact) mass is 314 g/mol. The van der Waals surface area contributed by atoms with Gasteiger partial charge in [0.15, 0.2) is 0 Å². The van der Waals surface area contributed by atoms with Crippen LogP contribution in [0.25, 0.3) is 0 Å². The Balaban J connectivity index is 0.00000400. The van der Waals surface area contributed by atoms with Crippen LogP contribution in [0.3, 0.4) is 0 Å². The summed E-state index contributed by atoms with van der Waals surface area (Å²) in [5.74, 6) is -0.592. The summed E-state index contributed by atoms with van der Waals surface area (Å²) in [6.07, 6.45) is 0.0343. The lowest BCUT2D eigenvalue weighted by Gasteiger charge is -2.15. The van der Waals surface area contributed by atoms with Gasteiger partial charge in [0.25, 0.3) is 0 Å². The zero-order chi connectivity index (χ0) is 15.1. The molecule has 2 N–H and O–H groups in total. The number of rotatable bonds is 7. The molecule has 5 nitrogen and oxygen atoms in total. The van der Waals surface area contributed by atoms with Crippen LogP contribution < -0.4 is 5.32 Å². The fraction of sp³-hybridized carbons (Fsp3) is 0.467. The van der Waals surface area contributed by atoms with Gasteiger partial charge in [-0.3, -0.25) is 14.5 Å². The van der Waals surface area contributed by atoms with Crippen LogP contribution in [-0.4, -0.2) is 42.0 Å². The second-order valence-corrected chi connectivity index (χ2v) is 5.21. The third-order valence-corrected chi connectivity index (χ3v) is 2.96. The van der Waals surface area contributed by atoms with Crippen molar-refractivity contribution >= 4 is 30.0 Å². The summed E-state index contributed by atoms with van der Waals surface area (Å²) in [5, 5.41) is 11.4. The minimum absolute atomic E-state index is 0. The summed E-state index contributed by atoms with van der Waals surface area (Å²) in [6.45, 7) is 4.73. The Labute approximate surface area is 131 Å². The van der Waals surface area contributed by atoms with Gasteiger partial charge >= 0.3 is 5.97 Å². The van der Waals surface area contributed by atoms with Crippen molar-refractivity contribution in [1.82, 2.24) is 4.90 Å². The van der Waals surface area contributed by atoms with E-state index in [9.17, 15) is 9.59 Å². The maximum atomic E-state index is 11.8. The van der Waals surface area contributed by atoms with Gasteiger partial charge in [0.2, 0.25) is 5.91 Å². The summed E-state index contributed by atoms with van der Waals surface area (Å²) in [4.78, 5) is 24.0. The quantitative estimate of drug-likeness (QED) is 0.811. The number of amides is 1. The summed E-state index contributed by atoms with van der Waals surface area (Å²) in [7, 11) is 1.73. The van der Waals surface area contributed by atoms with Crippen LogP contribution in [0.4, 0.5) is 5.69 Å². The van der Waals surface area contributed by atoms with Gasteiger partial charge in [-0.05, 0) is 30.7 Å². The number of hydrogen-bond donors (Lipinski definition) is 2. The number of carboxylic acid groups (broad SMARTS) is 1. The molecule has 1 rings (SSSR count). The Morgan fingerprint density at radius 2 is 2.00 bits per heavy atom. The van der Waals surface area contributed by atoms with Crippen molar-refractivity contribution < 1.29 is 14.7 Å². The van der Waals surface area contributed by atoms with Gasteiger partial charge in [0, 0.05) is 12.2 Å². The zero-order valence-electron chi connectivity index (χ0n) is 12.6. The molecule has 0 spiro atoms. The fourth-order valence-corrected chi connectivity index (χ4v) is 1.79. The molecule has 0 bridgehead atoms. The lowest BCUT2D eigenvalue weighted by molar-refractivity contribution is -0.137. The standard InChI is InChI=1S/C15H22N2O3.ClH/c1-11(2)12-5-4-6-13(9-12)16-14(18)10-17(3)8-7-15(19)20;/h4-6,9,11H,7-8,10H2,1-3H3,(H,16,18)(H,19,20);1H. The Kier molecular flexibility index (Phi) is 8.66. The molecular formula is C15H23ClN2O3. The molecule has 0 aliphatic carbocycles. The molecule has 21 heavy (non-hydrogen) atoms. The van der Waals surface area contributed by atoms with Crippen molar-refractivity contribution in [2.75, 3.05) is 25.5 Å². The zero-order valence-corrected chi connectivity index (χ0v) is 13.4. The van der Waals surface area contributed by atoms with Crippen molar-refractivity contribution in [3.05, 3.63) is 29.8 Å². The number of hydrogen-bond acceptors (Lipinski definition) is 3. The van der Waals surface area contributed by atoms with Crippen molar-refractivity contribution in [2.24, 2.45) is 0 Å². The molecule has 0 radical (unpaired) electrons.